The van der Waals surface area contributed by atoms with Gasteiger partial charge in [0.2, 0.25) is 11.7 Å². The van der Waals surface area contributed by atoms with Crippen molar-refractivity contribution < 1.29 is 18.0 Å². The van der Waals surface area contributed by atoms with Crippen molar-refractivity contribution in [3.63, 3.8) is 0 Å². The molecule has 0 aliphatic rings. The van der Waals surface area contributed by atoms with Crippen molar-refractivity contribution in [3.8, 4) is 0 Å². The number of nitrogens with zero attached hydrogens (tertiary/aromatic N) is 5. The molecule has 35 heavy (non-hydrogen) atoms. The molecular formula is C23H18F3N7O2. The second-order valence-electron chi connectivity index (χ2n) is 7.95. The van der Waals surface area contributed by atoms with E-state index < -0.39 is 29.5 Å². The number of hydrogen-bond acceptors (Lipinski definition) is 5. The first-order chi connectivity index (χ1) is 16.7. The zero-order valence-corrected chi connectivity index (χ0v) is 18.2. The molecule has 0 radical (unpaired) electrons. The molecule has 0 fully saturated rings. The van der Waals surface area contributed by atoms with E-state index in [1.54, 1.807) is 37.4 Å². The second kappa shape index (κ2) is 8.38. The summed E-state index contributed by atoms with van der Waals surface area (Å²) >= 11 is 0. The third kappa shape index (κ3) is 4.25. The van der Waals surface area contributed by atoms with Crippen molar-refractivity contribution in [1.82, 2.24) is 34.6 Å². The number of halogens is 3. The van der Waals surface area contributed by atoms with Crippen LogP contribution in [0.15, 0.2) is 65.8 Å². The maximum absolute atomic E-state index is 13.1. The molecule has 9 nitrogen and oxygen atoms in total. The predicted molar refractivity (Wildman–Crippen MR) is 120 cm³/mol. The molecule has 178 valence electrons. The number of H-pyrrole nitrogens is 1. The number of carbonyl (C=O) groups excluding carboxylic acids is 1. The number of amides is 1. The molecule has 2 N–H and O–H groups in total. The van der Waals surface area contributed by atoms with Gasteiger partial charge in [-0.25, -0.2) is 9.97 Å². The Morgan fingerprint density at radius 2 is 1.91 bits per heavy atom. The largest absolute Gasteiger partial charge is 0.449 e. The lowest BCUT2D eigenvalue weighted by Crippen LogP contribution is -2.35. The van der Waals surface area contributed by atoms with Crippen LogP contribution in [-0.2, 0) is 24.6 Å². The quantitative estimate of drug-likeness (QED) is 0.401. The monoisotopic (exact) mass is 481 g/mol. The number of benzene rings is 2. The molecule has 1 atom stereocenters. The Hall–Kier alpha value is -4.48. The highest BCUT2D eigenvalue weighted by Gasteiger charge is 2.34. The number of carbonyl (C=O) groups is 1. The number of fused-ring (bicyclic) bond motifs is 2. The van der Waals surface area contributed by atoms with Gasteiger partial charge in [-0.3, -0.25) is 18.8 Å². The summed E-state index contributed by atoms with van der Waals surface area (Å²) in [5, 5.41) is 7.17. The first-order valence-electron chi connectivity index (χ1n) is 10.5. The number of rotatable bonds is 5. The Bertz CT molecular complexity index is 1600. The Kier molecular flexibility index (Phi) is 5.35. The van der Waals surface area contributed by atoms with E-state index in [1.807, 2.05) is 6.07 Å². The van der Waals surface area contributed by atoms with Crippen molar-refractivity contribution >= 4 is 28.0 Å². The zero-order chi connectivity index (χ0) is 24.7. The van der Waals surface area contributed by atoms with Crippen LogP contribution in [0.3, 0.4) is 0 Å². The molecular weight excluding hydrogens is 463 g/mol. The van der Waals surface area contributed by atoms with Crippen LogP contribution >= 0.6 is 0 Å². The first kappa shape index (κ1) is 22.3. The summed E-state index contributed by atoms with van der Waals surface area (Å²) in [5.74, 6) is -1.57. The molecule has 0 spiro atoms. The van der Waals surface area contributed by atoms with Gasteiger partial charge >= 0.3 is 6.18 Å². The van der Waals surface area contributed by atoms with Crippen molar-refractivity contribution in [3.05, 3.63) is 88.4 Å². The Labute approximate surface area is 195 Å². The van der Waals surface area contributed by atoms with E-state index in [1.165, 1.54) is 33.9 Å². The van der Waals surface area contributed by atoms with Gasteiger partial charge in [0.05, 0.1) is 23.3 Å². The number of alkyl halides is 3. The summed E-state index contributed by atoms with van der Waals surface area (Å²) in [6.07, 6.45) is -1.94. The number of hydrogen-bond donors (Lipinski definition) is 2. The predicted octanol–water partition coefficient (Wildman–Crippen LogP) is 2.93. The molecule has 1 amide bonds. The molecule has 5 rings (SSSR count). The fourth-order valence-electron chi connectivity index (χ4n) is 3.89. The maximum atomic E-state index is 13.1. The summed E-state index contributed by atoms with van der Waals surface area (Å²) < 4.78 is 41.9. The van der Waals surface area contributed by atoms with Crippen molar-refractivity contribution in [1.29, 1.82) is 0 Å². The van der Waals surface area contributed by atoms with Gasteiger partial charge in [0, 0.05) is 7.05 Å². The van der Waals surface area contributed by atoms with Gasteiger partial charge in [0.15, 0.2) is 5.65 Å². The summed E-state index contributed by atoms with van der Waals surface area (Å²) in [4.78, 5) is 35.8. The SMILES string of the molecule is Cn1ncc2c(=O)n(CC(=O)NC(c3ccccc3)c3ccc4nc(C(F)(F)F)[nH]c4c3)cnc21. The average molecular weight is 481 g/mol. The van der Waals surface area contributed by atoms with Crippen LogP contribution in [0.5, 0.6) is 0 Å². The summed E-state index contributed by atoms with van der Waals surface area (Å²) in [6, 6.07) is 12.9. The van der Waals surface area contributed by atoms with E-state index in [2.05, 4.69) is 25.4 Å². The van der Waals surface area contributed by atoms with Crippen LogP contribution < -0.4 is 10.9 Å². The normalized spacial score (nSPS) is 12.8. The molecule has 0 aliphatic heterocycles. The Balaban J connectivity index is 1.47. The lowest BCUT2D eigenvalue weighted by Gasteiger charge is -2.20. The van der Waals surface area contributed by atoms with Crippen molar-refractivity contribution in [2.45, 2.75) is 18.8 Å². The Morgan fingerprint density at radius 3 is 2.66 bits per heavy atom. The lowest BCUT2D eigenvalue weighted by molar-refractivity contribution is -0.144. The number of aromatic amines is 1. The van der Waals surface area contributed by atoms with Gasteiger partial charge in [-0.1, -0.05) is 36.4 Å². The minimum atomic E-state index is -4.61. The molecule has 5 aromatic rings. The van der Waals surface area contributed by atoms with Crippen LogP contribution in [-0.4, -0.2) is 35.2 Å². The van der Waals surface area contributed by atoms with Crippen LogP contribution in [0, 0.1) is 0 Å². The molecule has 0 saturated heterocycles. The van der Waals surface area contributed by atoms with Gasteiger partial charge in [-0.15, -0.1) is 0 Å². The van der Waals surface area contributed by atoms with E-state index >= 15 is 0 Å². The highest BCUT2D eigenvalue weighted by Crippen LogP contribution is 2.30. The molecule has 0 aliphatic carbocycles. The third-order valence-corrected chi connectivity index (χ3v) is 5.58. The van der Waals surface area contributed by atoms with E-state index in [0.717, 1.165) is 0 Å². The standard InChI is InChI=1S/C23H18F3N7O2/c1-32-20-15(10-28-32)21(35)33(12-27-20)11-18(34)31-19(13-5-3-2-4-6-13)14-7-8-16-17(9-14)30-22(29-16)23(24,25)26/h2-10,12,19H,11H2,1H3,(H,29,30)(H,31,34). The van der Waals surface area contributed by atoms with E-state index in [0.29, 0.717) is 16.8 Å². The third-order valence-electron chi connectivity index (χ3n) is 5.58. The summed E-state index contributed by atoms with van der Waals surface area (Å²) in [7, 11) is 1.66. The van der Waals surface area contributed by atoms with Crippen LogP contribution in [0.1, 0.15) is 23.0 Å². The van der Waals surface area contributed by atoms with Gasteiger partial charge < -0.3 is 10.3 Å². The number of aryl methyl sites for hydroxylation is 1. The maximum Gasteiger partial charge on any atom is 0.449 e. The van der Waals surface area contributed by atoms with Crippen LogP contribution in [0.25, 0.3) is 22.1 Å². The number of imidazole rings is 1. The highest BCUT2D eigenvalue weighted by atomic mass is 19.4. The topological polar surface area (TPSA) is 110 Å². The Morgan fingerprint density at radius 1 is 1.14 bits per heavy atom. The number of aromatic nitrogens is 6. The molecule has 3 heterocycles. The molecule has 0 bridgehead atoms. The van der Waals surface area contributed by atoms with Gasteiger partial charge in [0.1, 0.15) is 18.3 Å². The summed E-state index contributed by atoms with van der Waals surface area (Å²) in [5.41, 5.74) is 1.59. The van der Waals surface area contributed by atoms with E-state index in [-0.39, 0.29) is 23.0 Å². The van der Waals surface area contributed by atoms with Crippen LogP contribution in [0.4, 0.5) is 13.2 Å². The molecule has 3 aromatic heterocycles. The van der Waals surface area contributed by atoms with E-state index in [9.17, 15) is 22.8 Å². The first-order valence-corrected chi connectivity index (χ1v) is 10.5. The highest BCUT2D eigenvalue weighted by molar-refractivity contribution is 5.79. The zero-order valence-electron chi connectivity index (χ0n) is 18.2. The van der Waals surface area contributed by atoms with E-state index in [4.69, 9.17) is 0 Å². The molecule has 1 unspecified atom stereocenters. The van der Waals surface area contributed by atoms with Gasteiger partial charge in [0.25, 0.3) is 5.56 Å². The second-order valence-corrected chi connectivity index (χ2v) is 7.95. The fourth-order valence-corrected chi connectivity index (χ4v) is 3.89. The summed E-state index contributed by atoms with van der Waals surface area (Å²) in [6.45, 7) is -0.301. The minimum Gasteiger partial charge on any atom is -0.344 e. The molecule has 2 aromatic carbocycles. The van der Waals surface area contributed by atoms with Gasteiger partial charge in [-0.2, -0.15) is 18.3 Å². The smallest absolute Gasteiger partial charge is 0.344 e. The fraction of sp³-hybridized carbons (Fsp3) is 0.174. The van der Waals surface area contributed by atoms with Crippen molar-refractivity contribution in [2.75, 3.05) is 0 Å². The molecule has 12 heteroatoms. The average Bonchev–Trinajstić information content (AvgIpc) is 3.43. The number of nitrogens with one attached hydrogen (secondary N) is 2. The van der Waals surface area contributed by atoms with Crippen LogP contribution in [0.2, 0.25) is 0 Å². The van der Waals surface area contributed by atoms with Crippen molar-refractivity contribution in [2.24, 2.45) is 7.05 Å². The van der Waals surface area contributed by atoms with Gasteiger partial charge in [-0.05, 0) is 23.3 Å². The molecule has 0 saturated carbocycles. The minimum absolute atomic E-state index is 0.154. The lowest BCUT2D eigenvalue weighted by atomic mass is 9.98.